The molecule has 8 nitrogen and oxygen atoms in total. The average molecular weight is 415 g/mol. The summed E-state index contributed by atoms with van der Waals surface area (Å²) < 4.78 is 23.3. The van der Waals surface area contributed by atoms with Crippen LogP contribution >= 0.6 is 11.3 Å². The SMILES string of the molecule is COCCCn1c(=C(C#N)C#N)s/c(=C/c2ccc(OC)c(OC)c2OC)c1=O. The van der Waals surface area contributed by atoms with E-state index in [9.17, 15) is 15.3 Å². The van der Waals surface area contributed by atoms with Crippen LogP contribution in [0.2, 0.25) is 0 Å². The average Bonchev–Trinajstić information content (AvgIpc) is 3.04. The van der Waals surface area contributed by atoms with Crippen LogP contribution in [0.15, 0.2) is 16.9 Å². The molecule has 1 aromatic carbocycles. The third kappa shape index (κ3) is 4.60. The molecule has 1 aromatic heterocycles. The van der Waals surface area contributed by atoms with Gasteiger partial charge in [0, 0.05) is 25.8 Å². The lowest BCUT2D eigenvalue weighted by Gasteiger charge is -2.13. The van der Waals surface area contributed by atoms with E-state index in [0.29, 0.717) is 51.6 Å². The molecule has 2 aromatic rings. The van der Waals surface area contributed by atoms with Gasteiger partial charge in [-0.2, -0.15) is 10.5 Å². The van der Waals surface area contributed by atoms with Crippen LogP contribution in [-0.4, -0.2) is 39.6 Å². The number of rotatable bonds is 8. The topological polar surface area (TPSA) is 106 Å². The Kier molecular flexibility index (Phi) is 7.84. The molecule has 9 heteroatoms. The Bertz CT molecular complexity index is 1120. The summed E-state index contributed by atoms with van der Waals surface area (Å²) >= 11 is 1.08. The third-order valence-electron chi connectivity index (χ3n) is 4.10. The van der Waals surface area contributed by atoms with Crippen LogP contribution in [0.3, 0.4) is 0 Å². The van der Waals surface area contributed by atoms with E-state index < -0.39 is 0 Å². The molecule has 0 atom stereocenters. The van der Waals surface area contributed by atoms with E-state index >= 15 is 0 Å². The van der Waals surface area contributed by atoms with Gasteiger partial charge < -0.3 is 18.9 Å². The second kappa shape index (κ2) is 10.3. The van der Waals surface area contributed by atoms with Gasteiger partial charge in [0.1, 0.15) is 16.8 Å². The maximum atomic E-state index is 13.0. The molecule has 29 heavy (non-hydrogen) atoms. The molecule has 2 rings (SSSR count). The second-order valence-electron chi connectivity index (χ2n) is 5.74. The molecule has 152 valence electrons. The molecule has 1 heterocycles. The van der Waals surface area contributed by atoms with Gasteiger partial charge in [0.2, 0.25) is 5.75 Å². The first-order valence-electron chi connectivity index (χ1n) is 8.60. The summed E-state index contributed by atoms with van der Waals surface area (Å²) in [6.07, 6.45) is 2.22. The molecule has 0 fully saturated rings. The van der Waals surface area contributed by atoms with Crippen LogP contribution < -0.4 is 29.0 Å². The molecule has 0 bridgehead atoms. The minimum atomic E-state index is -0.291. The molecule has 0 N–H and O–H groups in total. The molecule has 0 aliphatic rings. The zero-order valence-corrected chi connectivity index (χ0v) is 17.5. The quantitative estimate of drug-likeness (QED) is 0.592. The Morgan fingerprint density at radius 2 is 1.79 bits per heavy atom. The van der Waals surface area contributed by atoms with Crippen molar-refractivity contribution >= 4 is 23.0 Å². The van der Waals surface area contributed by atoms with E-state index in [1.807, 2.05) is 12.1 Å². The number of aromatic nitrogens is 1. The first-order chi connectivity index (χ1) is 14.1. The van der Waals surface area contributed by atoms with Crippen LogP contribution in [0.4, 0.5) is 0 Å². The summed E-state index contributed by atoms with van der Waals surface area (Å²) in [6.45, 7) is 0.793. The Morgan fingerprint density at radius 1 is 1.10 bits per heavy atom. The van der Waals surface area contributed by atoms with Crippen LogP contribution in [0.1, 0.15) is 12.0 Å². The van der Waals surface area contributed by atoms with Crippen LogP contribution in [0.5, 0.6) is 17.2 Å². The first kappa shape index (κ1) is 22.0. The van der Waals surface area contributed by atoms with E-state index in [4.69, 9.17) is 18.9 Å². The number of benzene rings is 1. The fourth-order valence-corrected chi connectivity index (χ4v) is 3.84. The predicted molar refractivity (Wildman–Crippen MR) is 109 cm³/mol. The molecule has 0 radical (unpaired) electrons. The minimum absolute atomic E-state index is 0.108. The lowest BCUT2D eigenvalue weighted by atomic mass is 10.1. The summed E-state index contributed by atoms with van der Waals surface area (Å²) in [5.74, 6) is 1.31. The van der Waals surface area contributed by atoms with Crippen molar-refractivity contribution in [3.63, 3.8) is 0 Å². The molecule has 0 unspecified atom stereocenters. The highest BCUT2D eigenvalue weighted by Gasteiger charge is 2.16. The molecule has 0 amide bonds. The lowest BCUT2D eigenvalue weighted by Crippen LogP contribution is -2.32. The maximum Gasteiger partial charge on any atom is 0.269 e. The number of ether oxygens (including phenoxy) is 4. The van der Waals surface area contributed by atoms with Crippen LogP contribution in [0, 0.1) is 22.7 Å². The number of nitriles is 2. The number of methoxy groups -OCH3 is 4. The van der Waals surface area contributed by atoms with E-state index in [1.165, 1.54) is 25.9 Å². The standard InChI is InChI=1S/C20H21N3O5S/c1-25-9-5-8-23-19(24)16(29-20(23)14(11-21)12-22)10-13-6-7-15(26-2)18(28-4)17(13)27-3/h6-7,10H,5,8-9H2,1-4H3/b16-10+. The second-order valence-corrected chi connectivity index (χ2v) is 6.77. The summed E-state index contributed by atoms with van der Waals surface area (Å²) in [7, 11) is 6.08. The molecule has 0 saturated heterocycles. The van der Waals surface area contributed by atoms with Crippen molar-refractivity contribution in [2.24, 2.45) is 0 Å². The fraction of sp³-hybridized carbons (Fsp3) is 0.350. The highest BCUT2D eigenvalue weighted by atomic mass is 32.1. The largest absolute Gasteiger partial charge is 0.493 e. The molecule has 0 saturated carbocycles. The predicted octanol–water partition coefficient (Wildman–Crippen LogP) is 0.999. The number of hydrogen-bond donors (Lipinski definition) is 0. The van der Waals surface area contributed by atoms with Gasteiger partial charge in [-0.15, -0.1) is 11.3 Å². The molecular weight excluding hydrogens is 394 g/mol. The Balaban J connectivity index is 2.77. The third-order valence-corrected chi connectivity index (χ3v) is 5.23. The van der Waals surface area contributed by atoms with E-state index in [1.54, 1.807) is 25.3 Å². The highest BCUT2D eigenvalue weighted by Crippen LogP contribution is 2.39. The van der Waals surface area contributed by atoms with Crippen molar-refractivity contribution in [1.82, 2.24) is 4.57 Å². The van der Waals surface area contributed by atoms with Gasteiger partial charge >= 0.3 is 0 Å². The fourth-order valence-electron chi connectivity index (χ4n) is 2.78. The van der Waals surface area contributed by atoms with Gasteiger partial charge in [0.05, 0.1) is 25.9 Å². The van der Waals surface area contributed by atoms with Crippen LogP contribution in [0.25, 0.3) is 11.6 Å². The van der Waals surface area contributed by atoms with E-state index in [0.717, 1.165) is 11.3 Å². The molecule has 0 aliphatic heterocycles. The molecule has 0 spiro atoms. The first-order valence-corrected chi connectivity index (χ1v) is 9.41. The smallest absolute Gasteiger partial charge is 0.269 e. The summed E-state index contributed by atoms with van der Waals surface area (Å²) in [5, 5.41) is 18.5. The van der Waals surface area contributed by atoms with Gasteiger partial charge in [0.25, 0.3) is 5.56 Å². The highest BCUT2D eigenvalue weighted by molar-refractivity contribution is 7.07. The van der Waals surface area contributed by atoms with Gasteiger partial charge in [-0.3, -0.25) is 9.36 Å². The van der Waals surface area contributed by atoms with Crippen molar-refractivity contribution in [1.29, 1.82) is 10.5 Å². The van der Waals surface area contributed by atoms with E-state index in [-0.39, 0.29) is 11.1 Å². The Morgan fingerprint density at radius 3 is 2.34 bits per heavy atom. The van der Waals surface area contributed by atoms with Crippen molar-refractivity contribution in [2.75, 3.05) is 35.0 Å². The molecule has 0 aliphatic carbocycles. The monoisotopic (exact) mass is 415 g/mol. The Labute approximate surface area is 172 Å². The van der Waals surface area contributed by atoms with Crippen molar-refractivity contribution in [3.8, 4) is 29.4 Å². The number of hydrogen-bond acceptors (Lipinski definition) is 8. The lowest BCUT2D eigenvalue weighted by molar-refractivity contribution is 0.190. The Hall–Kier alpha value is -3.27. The van der Waals surface area contributed by atoms with Gasteiger partial charge in [-0.25, -0.2) is 0 Å². The molecular formula is C20H21N3O5S. The van der Waals surface area contributed by atoms with Gasteiger partial charge in [-0.1, -0.05) is 0 Å². The summed E-state index contributed by atoms with van der Waals surface area (Å²) in [4.78, 5) is 13.0. The minimum Gasteiger partial charge on any atom is -0.493 e. The van der Waals surface area contributed by atoms with Gasteiger partial charge in [-0.05, 0) is 24.6 Å². The summed E-state index contributed by atoms with van der Waals surface area (Å²) in [6, 6.07) is 7.17. The van der Waals surface area contributed by atoms with Gasteiger partial charge in [0.15, 0.2) is 17.1 Å². The normalized spacial score (nSPS) is 10.9. The number of nitrogens with zero attached hydrogens (tertiary/aromatic N) is 3. The maximum absolute atomic E-state index is 13.0. The van der Waals surface area contributed by atoms with E-state index in [2.05, 4.69) is 0 Å². The van der Waals surface area contributed by atoms with Crippen molar-refractivity contribution in [2.45, 2.75) is 13.0 Å². The van der Waals surface area contributed by atoms with Crippen molar-refractivity contribution in [3.05, 3.63) is 37.2 Å². The van der Waals surface area contributed by atoms with Crippen molar-refractivity contribution < 1.29 is 18.9 Å². The van der Waals surface area contributed by atoms with Crippen LogP contribution in [-0.2, 0) is 11.3 Å². The zero-order chi connectivity index (χ0) is 21.4. The zero-order valence-electron chi connectivity index (χ0n) is 16.6. The summed E-state index contributed by atoms with van der Waals surface area (Å²) in [5.41, 5.74) is 0.207. The number of thiazole rings is 1.